The Morgan fingerprint density at radius 3 is 2.67 bits per heavy atom. The Labute approximate surface area is 120 Å². The summed E-state index contributed by atoms with van der Waals surface area (Å²) < 4.78 is 17.4. The lowest BCUT2D eigenvalue weighted by Crippen LogP contribution is -2.22. The van der Waals surface area contributed by atoms with Gasteiger partial charge in [0.15, 0.2) is 0 Å². The monoisotopic (exact) mass is 327 g/mol. The Bertz CT molecular complexity index is 517. The zero-order valence-corrected chi connectivity index (χ0v) is 13.4. The van der Waals surface area contributed by atoms with E-state index in [1.54, 1.807) is 0 Å². The highest BCUT2D eigenvalue weighted by Gasteiger charge is 2.22. The van der Waals surface area contributed by atoms with E-state index in [0.29, 0.717) is 0 Å². The van der Waals surface area contributed by atoms with Crippen LogP contribution in [0.1, 0.15) is 44.7 Å². The minimum absolute atomic E-state index is 0.295. The molecule has 0 aromatic heterocycles. The van der Waals surface area contributed by atoms with Gasteiger partial charge in [-0.3, -0.25) is 0 Å². The normalized spacial score (nSPS) is 19.7. The molecule has 4 heteroatoms. The van der Waals surface area contributed by atoms with E-state index in [9.17, 15) is 4.21 Å². The highest BCUT2D eigenvalue weighted by atomic mass is 79.9. The second kappa shape index (κ2) is 5.25. The van der Waals surface area contributed by atoms with Crippen LogP contribution in [0.4, 0.5) is 0 Å². The first-order chi connectivity index (χ1) is 8.38. The molecule has 18 heavy (non-hydrogen) atoms. The highest BCUT2D eigenvalue weighted by Crippen LogP contribution is 2.26. The summed E-state index contributed by atoms with van der Waals surface area (Å²) in [5, 5.41) is 0. The first-order valence-electron chi connectivity index (χ1n) is 6.16. The minimum Gasteiger partial charge on any atom is -0.234 e. The summed E-state index contributed by atoms with van der Waals surface area (Å²) in [5.74, 6) is 0. The van der Waals surface area contributed by atoms with E-state index >= 15 is 0 Å². The molecule has 0 radical (unpaired) electrons. The van der Waals surface area contributed by atoms with E-state index in [2.05, 4.69) is 38.5 Å². The molecule has 0 bridgehead atoms. The summed E-state index contributed by atoms with van der Waals surface area (Å²) in [4.78, 5) is 0. The van der Waals surface area contributed by atoms with Gasteiger partial charge in [-0.25, -0.2) is 4.21 Å². The second-order valence-electron chi connectivity index (χ2n) is 5.55. The predicted molar refractivity (Wildman–Crippen MR) is 81.5 cm³/mol. The Balaban J connectivity index is 2.41. The number of halogens is 1. The van der Waals surface area contributed by atoms with Crippen LogP contribution in [-0.4, -0.2) is 14.7 Å². The molecule has 1 aliphatic carbocycles. The third kappa shape index (κ3) is 3.09. The molecule has 1 aromatic rings. The van der Waals surface area contributed by atoms with E-state index in [4.69, 9.17) is 0 Å². The van der Waals surface area contributed by atoms with Crippen molar-refractivity contribution in [2.45, 2.75) is 44.8 Å². The molecule has 0 spiro atoms. The summed E-state index contributed by atoms with van der Waals surface area (Å²) in [7, 11) is -1.18. The van der Waals surface area contributed by atoms with Gasteiger partial charge in [-0.1, -0.05) is 22.0 Å². The first-order valence-corrected chi connectivity index (χ1v) is 8.06. The molecular formula is C14H18BrNOS. The van der Waals surface area contributed by atoms with Crippen LogP contribution in [0, 0.1) is 0 Å². The van der Waals surface area contributed by atoms with Crippen molar-refractivity contribution in [3.8, 4) is 0 Å². The van der Waals surface area contributed by atoms with E-state index in [0.717, 1.165) is 35.0 Å². The highest BCUT2D eigenvalue weighted by molar-refractivity contribution is 9.10. The Morgan fingerprint density at radius 1 is 1.28 bits per heavy atom. The van der Waals surface area contributed by atoms with Crippen molar-refractivity contribution in [1.82, 2.24) is 0 Å². The average molecular weight is 328 g/mol. The molecule has 1 aliphatic rings. The van der Waals surface area contributed by atoms with E-state index in [1.807, 2.05) is 20.8 Å². The molecule has 0 aliphatic heterocycles. The SMILES string of the molecule is CC(C)(C)[S@@](=O)N=C1CCCc2ccc(Br)cc21. The van der Waals surface area contributed by atoms with Crippen molar-refractivity contribution >= 4 is 32.6 Å². The van der Waals surface area contributed by atoms with Gasteiger partial charge in [0.05, 0.1) is 10.5 Å². The minimum atomic E-state index is -1.18. The van der Waals surface area contributed by atoms with Gasteiger partial charge >= 0.3 is 0 Å². The molecule has 0 unspecified atom stereocenters. The zero-order valence-electron chi connectivity index (χ0n) is 11.0. The molecule has 0 heterocycles. The first kappa shape index (κ1) is 13.9. The molecule has 2 nitrogen and oxygen atoms in total. The van der Waals surface area contributed by atoms with Gasteiger partial charge in [0.1, 0.15) is 11.0 Å². The lowest BCUT2D eigenvalue weighted by atomic mass is 9.90. The average Bonchev–Trinajstić information content (AvgIpc) is 2.28. The van der Waals surface area contributed by atoms with Crippen molar-refractivity contribution < 1.29 is 4.21 Å². The number of benzene rings is 1. The Hall–Kier alpha value is -0.480. The summed E-state index contributed by atoms with van der Waals surface area (Å²) >= 11 is 3.49. The topological polar surface area (TPSA) is 29.4 Å². The summed E-state index contributed by atoms with van der Waals surface area (Å²) in [5.41, 5.74) is 3.47. The third-order valence-electron chi connectivity index (χ3n) is 2.96. The van der Waals surface area contributed by atoms with Crippen LogP contribution in [-0.2, 0) is 17.4 Å². The van der Waals surface area contributed by atoms with Gasteiger partial charge in [0.2, 0.25) is 0 Å². The van der Waals surface area contributed by atoms with E-state index in [1.165, 1.54) is 5.56 Å². The van der Waals surface area contributed by atoms with Gasteiger partial charge < -0.3 is 0 Å². The number of aryl methyl sites for hydroxylation is 1. The van der Waals surface area contributed by atoms with Crippen LogP contribution < -0.4 is 0 Å². The van der Waals surface area contributed by atoms with Crippen LogP contribution in [0.25, 0.3) is 0 Å². The van der Waals surface area contributed by atoms with Crippen LogP contribution in [0.2, 0.25) is 0 Å². The van der Waals surface area contributed by atoms with Crippen molar-refractivity contribution in [2.75, 3.05) is 0 Å². The molecule has 0 N–H and O–H groups in total. The quantitative estimate of drug-likeness (QED) is 0.765. The van der Waals surface area contributed by atoms with Crippen LogP contribution in [0.3, 0.4) is 0 Å². The third-order valence-corrected chi connectivity index (χ3v) is 4.89. The molecular weight excluding hydrogens is 310 g/mol. The summed E-state index contributed by atoms with van der Waals surface area (Å²) in [6.07, 6.45) is 3.10. The van der Waals surface area contributed by atoms with Crippen molar-refractivity contribution in [2.24, 2.45) is 4.40 Å². The standard InChI is InChI=1S/C14H18BrNOS/c1-14(2,3)18(17)16-13-6-4-5-10-7-8-11(15)9-12(10)13/h7-9H,4-6H2,1-3H3/t18-/m1/s1. The molecule has 1 atom stereocenters. The largest absolute Gasteiger partial charge is 0.234 e. The second-order valence-corrected chi connectivity index (χ2v) is 8.38. The summed E-state index contributed by atoms with van der Waals surface area (Å²) in [6.45, 7) is 5.87. The maximum atomic E-state index is 12.1. The zero-order chi connectivity index (χ0) is 13.3. The lowest BCUT2D eigenvalue weighted by Gasteiger charge is -2.20. The fraction of sp³-hybridized carbons (Fsp3) is 0.500. The number of hydrogen-bond acceptors (Lipinski definition) is 1. The predicted octanol–water partition coefficient (Wildman–Crippen LogP) is 4.04. The Kier molecular flexibility index (Phi) is 4.07. The maximum absolute atomic E-state index is 12.1. The van der Waals surface area contributed by atoms with Crippen molar-refractivity contribution in [3.05, 3.63) is 33.8 Å². The van der Waals surface area contributed by atoms with Gasteiger partial charge in [-0.05, 0) is 57.7 Å². The molecule has 98 valence electrons. The van der Waals surface area contributed by atoms with Crippen molar-refractivity contribution in [1.29, 1.82) is 0 Å². The number of nitrogens with zero attached hydrogens (tertiary/aromatic N) is 1. The number of hydrogen-bond donors (Lipinski definition) is 0. The van der Waals surface area contributed by atoms with Crippen LogP contribution in [0.5, 0.6) is 0 Å². The Morgan fingerprint density at radius 2 is 2.00 bits per heavy atom. The summed E-state index contributed by atoms with van der Waals surface area (Å²) in [6, 6.07) is 6.28. The molecule has 2 rings (SSSR count). The van der Waals surface area contributed by atoms with Crippen molar-refractivity contribution in [3.63, 3.8) is 0 Å². The fourth-order valence-electron chi connectivity index (χ4n) is 1.95. The van der Waals surface area contributed by atoms with E-state index in [-0.39, 0.29) is 4.75 Å². The van der Waals surface area contributed by atoms with Crippen LogP contribution in [0.15, 0.2) is 27.1 Å². The van der Waals surface area contributed by atoms with Gasteiger partial charge in [-0.2, -0.15) is 4.40 Å². The number of rotatable bonds is 1. The molecule has 0 amide bonds. The van der Waals surface area contributed by atoms with Gasteiger partial charge in [0, 0.05) is 10.0 Å². The molecule has 0 saturated carbocycles. The molecule has 1 aromatic carbocycles. The molecule has 0 fully saturated rings. The maximum Gasteiger partial charge on any atom is 0.145 e. The number of fused-ring (bicyclic) bond motifs is 1. The van der Waals surface area contributed by atoms with Crippen LogP contribution >= 0.6 is 15.9 Å². The van der Waals surface area contributed by atoms with Gasteiger partial charge in [0.25, 0.3) is 0 Å². The molecule has 0 saturated heterocycles. The fourth-order valence-corrected chi connectivity index (χ4v) is 2.97. The van der Waals surface area contributed by atoms with Gasteiger partial charge in [-0.15, -0.1) is 0 Å². The van der Waals surface area contributed by atoms with E-state index < -0.39 is 11.0 Å². The smallest absolute Gasteiger partial charge is 0.145 e. The lowest BCUT2D eigenvalue weighted by molar-refractivity contribution is 0.650.